The minimum absolute atomic E-state index is 0.0844. The van der Waals surface area contributed by atoms with Crippen molar-refractivity contribution in [2.75, 3.05) is 0 Å². The van der Waals surface area contributed by atoms with Crippen LogP contribution in [0.4, 0.5) is 8.78 Å². The van der Waals surface area contributed by atoms with Crippen molar-refractivity contribution in [3.05, 3.63) is 29.8 Å². The normalized spacial score (nSPS) is 11.6. The number of halogens is 2. The topological polar surface area (TPSA) is 46.5 Å². The Balaban J connectivity index is 2.76. The van der Waals surface area contributed by atoms with E-state index in [1.165, 1.54) is 6.07 Å². The highest BCUT2D eigenvalue weighted by atomic mass is 32.2. The third-order valence-corrected chi connectivity index (χ3v) is 3.64. The lowest BCUT2D eigenvalue weighted by molar-refractivity contribution is -0.138. The van der Waals surface area contributed by atoms with Crippen LogP contribution in [0.5, 0.6) is 5.75 Å². The van der Waals surface area contributed by atoms with Crippen LogP contribution in [-0.4, -0.2) is 22.4 Å². The van der Waals surface area contributed by atoms with Gasteiger partial charge in [0.05, 0.1) is 0 Å². The monoisotopic (exact) mass is 276 g/mol. The van der Waals surface area contributed by atoms with Gasteiger partial charge in [0.1, 0.15) is 10.5 Å². The van der Waals surface area contributed by atoms with E-state index in [4.69, 9.17) is 5.11 Å². The van der Waals surface area contributed by atoms with Gasteiger partial charge in [0.2, 0.25) is 0 Å². The number of aliphatic carboxylic acids is 1. The fourth-order valence-corrected chi connectivity index (χ4v) is 2.03. The van der Waals surface area contributed by atoms with Gasteiger partial charge in [-0.1, -0.05) is 18.2 Å². The molecule has 0 radical (unpaired) electrons. The third-order valence-electron chi connectivity index (χ3n) is 2.29. The van der Waals surface area contributed by atoms with Crippen LogP contribution < -0.4 is 4.74 Å². The molecule has 3 nitrogen and oxygen atoms in total. The average Bonchev–Trinajstić information content (AvgIpc) is 2.27. The molecular formula is C12H14F2O3S. The van der Waals surface area contributed by atoms with Crippen LogP contribution in [0.15, 0.2) is 24.3 Å². The zero-order valence-corrected chi connectivity index (χ0v) is 10.8. The largest absolute Gasteiger partial charge is 0.480 e. The summed E-state index contributed by atoms with van der Waals surface area (Å²) in [7, 11) is 0. The van der Waals surface area contributed by atoms with Crippen LogP contribution in [0.25, 0.3) is 0 Å². The van der Waals surface area contributed by atoms with Crippen molar-refractivity contribution in [2.24, 2.45) is 0 Å². The van der Waals surface area contributed by atoms with Gasteiger partial charge in [-0.2, -0.15) is 8.78 Å². The maximum Gasteiger partial charge on any atom is 0.387 e. The molecule has 1 rings (SSSR count). The number of carbonyl (C=O) groups is 1. The van der Waals surface area contributed by atoms with Crippen molar-refractivity contribution in [1.29, 1.82) is 0 Å². The Labute approximate surface area is 108 Å². The smallest absolute Gasteiger partial charge is 0.387 e. The molecule has 0 saturated carbocycles. The second kappa shape index (κ2) is 6.04. The number of hydrogen-bond acceptors (Lipinski definition) is 3. The predicted molar refractivity (Wildman–Crippen MR) is 66.1 cm³/mol. The summed E-state index contributed by atoms with van der Waals surface area (Å²) >= 11 is 1.16. The van der Waals surface area contributed by atoms with E-state index in [1.54, 1.807) is 32.0 Å². The van der Waals surface area contributed by atoms with Crippen LogP contribution in [0.2, 0.25) is 0 Å². The first kappa shape index (κ1) is 14.8. The Morgan fingerprint density at radius 2 is 2.06 bits per heavy atom. The molecule has 0 fully saturated rings. The molecule has 0 aliphatic heterocycles. The van der Waals surface area contributed by atoms with Crippen LogP contribution >= 0.6 is 11.8 Å². The number of alkyl halides is 2. The summed E-state index contributed by atoms with van der Waals surface area (Å²) in [4.78, 5) is 10.9. The molecule has 0 aliphatic carbocycles. The molecule has 0 bridgehead atoms. The number of thioether (sulfide) groups is 1. The van der Waals surface area contributed by atoms with E-state index in [0.717, 1.165) is 11.8 Å². The van der Waals surface area contributed by atoms with Crippen LogP contribution in [0, 0.1) is 0 Å². The molecule has 0 amide bonds. The maximum atomic E-state index is 12.2. The summed E-state index contributed by atoms with van der Waals surface area (Å²) in [6.45, 7) is 0.247. The molecule has 6 heteroatoms. The van der Waals surface area contributed by atoms with Crippen molar-refractivity contribution in [3.8, 4) is 5.75 Å². The Morgan fingerprint density at radius 1 is 1.44 bits per heavy atom. The van der Waals surface area contributed by atoms with Crippen molar-refractivity contribution >= 4 is 17.7 Å². The molecule has 1 aromatic carbocycles. The van der Waals surface area contributed by atoms with Crippen LogP contribution in [-0.2, 0) is 10.5 Å². The summed E-state index contributed by atoms with van der Waals surface area (Å²) in [5.74, 6) is -0.566. The van der Waals surface area contributed by atoms with Crippen molar-refractivity contribution in [2.45, 2.75) is 31.0 Å². The highest BCUT2D eigenvalue weighted by molar-refractivity contribution is 8.00. The first-order valence-electron chi connectivity index (χ1n) is 5.23. The first-order chi connectivity index (χ1) is 8.33. The quantitative estimate of drug-likeness (QED) is 0.865. The molecule has 1 aromatic rings. The maximum absolute atomic E-state index is 12.2. The Bertz CT molecular complexity index is 422. The van der Waals surface area contributed by atoms with Gasteiger partial charge < -0.3 is 9.84 Å². The third kappa shape index (κ3) is 4.18. The van der Waals surface area contributed by atoms with Crippen molar-refractivity contribution in [3.63, 3.8) is 0 Å². The molecule has 18 heavy (non-hydrogen) atoms. The van der Waals surface area contributed by atoms with E-state index in [2.05, 4.69) is 4.74 Å². The molecule has 1 N–H and O–H groups in total. The number of benzene rings is 1. The molecule has 0 spiro atoms. The molecule has 100 valence electrons. The SMILES string of the molecule is CC(C)(SCc1ccccc1OC(F)F)C(=O)O. The summed E-state index contributed by atoms with van der Waals surface area (Å²) in [6, 6.07) is 6.37. The number of para-hydroxylation sites is 1. The minimum atomic E-state index is -2.89. The molecule has 0 unspecified atom stereocenters. The van der Waals surface area contributed by atoms with Crippen LogP contribution in [0.3, 0.4) is 0 Å². The lowest BCUT2D eigenvalue weighted by atomic mass is 10.2. The fraction of sp³-hybridized carbons (Fsp3) is 0.417. The van der Waals surface area contributed by atoms with Gasteiger partial charge in [-0.15, -0.1) is 11.8 Å². The zero-order chi connectivity index (χ0) is 13.8. The number of hydrogen-bond donors (Lipinski definition) is 1. The second-order valence-electron chi connectivity index (χ2n) is 4.09. The van der Waals surface area contributed by atoms with Crippen molar-refractivity contribution < 1.29 is 23.4 Å². The van der Waals surface area contributed by atoms with Gasteiger partial charge in [0.15, 0.2) is 0 Å². The van der Waals surface area contributed by atoms with Gasteiger partial charge in [0.25, 0.3) is 0 Å². The van der Waals surface area contributed by atoms with E-state index in [1.807, 2.05) is 0 Å². The molecule has 0 atom stereocenters. The average molecular weight is 276 g/mol. The van der Waals surface area contributed by atoms with Crippen molar-refractivity contribution in [1.82, 2.24) is 0 Å². The van der Waals surface area contributed by atoms with Gasteiger partial charge in [-0.05, 0) is 19.9 Å². The molecule has 0 heterocycles. The Hall–Kier alpha value is -1.30. The van der Waals surface area contributed by atoms with E-state index < -0.39 is 17.3 Å². The van der Waals surface area contributed by atoms with E-state index >= 15 is 0 Å². The minimum Gasteiger partial charge on any atom is -0.480 e. The fourth-order valence-electron chi connectivity index (χ4n) is 1.15. The second-order valence-corrected chi connectivity index (χ2v) is 5.69. The highest BCUT2D eigenvalue weighted by Crippen LogP contribution is 2.32. The summed E-state index contributed by atoms with van der Waals surface area (Å²) in [5, 5.41) is 8.96. The van der Waals surface area contributed by atoms with Crippen LogP contribution in [0.1, 0.15) is 19.4 Å². The molecule has 0 saturated heterocycles. The highest BCUT2D eigenvalue weighted by Gasteiger charge is 2.27. The van der Waals surface area contributed by atoms with E-state index in [0.29, 0.717) is 11.3 Å². The number of carboxylic acid groups (broad SMARTS) is 1. The Morgan fingerprint density at radius 3 is 2.61 bits per heavy atom. The van der Waals surface area contributed by atoms with Gasteiger partial charge in [0, 0.05) is 11.3 Å². The molecule has 0 aliphatic rings. The van der Waals surface area contributed by atoms with Gasteiger partial charge in [-0.3, -0.25) is 4.79 Å². The first-order valence-corrected chi connectivity index (χ1v) is 6.21. The number of carboxylic acids is 1. The van der Waals surface area contributed by atoms with Gasteiger partial charge >= 0.3 is 12.6 Å². The van der Waals surface area contributed by atoms with Gasteiger partial charge in [-0.25, -0.2) is 0 Å². The Kier molecular flexibility index (Phi) is 4.95. The number of rotatable bonds is 6. The number of ether oxygens (including phenoxy) is 1. The molecule has 0 aromatic heterocycles. The van der Waals surface area contributed by atoms with E-state index in [9.17, 15) is 13.6 Å². The zero-order valence-electron chi connectivity index (χ0n) is 10.0. The lowest BCUT2D eigenvalue weighted by Gasteiger charge is -2.19. The summed E-state index contributed by atoms with van der Waals surface area (Å²) in [6.07, 6.45) is 0. The standard InChI is InChI=1S/C12H14F2O3S/c1-12(2,10(15)16)18-7-8-5-3-4-6-9(8)17-11(13)14/h3-6,11H,7H2,1-2H3,(H,15,16). The lowest BCUT2D eigenvalue weighted by Crippen LogP contribution is -2.27. The predicted octanol–water partition coefficient (Wildman–Crippen LogP) is 3.38. The summed E-state index contributed by atoms with van der Waals surface area (Å²) < 4.78 is 27.8. The molecular weight excluding hydrogens is 262 g/mol. The summed E-state index contributed by atoms with van der Waals surface area (Å²) in [5.41, 5.74) is 0.553. The van der Waals surface area contributed by atoms with E-state index in [-0.39, 0.29) is 5.75 Å².